The summed E-state index contributed by atoms with van der Waals surface area (Å²) < 4.78 is 72.2. The van der Waals surface area contributed by atoms with Crippen LogP contribution >= 0.6 is 0 Å². The number of hydrogen-bond donors (Lipinski definition) is 1. The van der Waals surface area contributed by atoms with Crippen LogP contribution in [0, 0.1) is 29.3 Å². The number of fused-ring (bicyclic) bond motifs is 1. The minimum Gasteiger partial charge on any atom is -0.378 e. The molecule has 0 bridgehead atoms. The van der Waals surface area contributed by atoms with Crippen LogP contribution < -0.4 is 10.6 Å². The van der Waals surface area contributed by atoms with Gasteiger partial charge in [0, 0.05) is 16.8 Å². The number of aromatic nitrogens is 2. The largest absolute Gasteiger partial charge is 0.378 e. The molecule has 3 rings (SSSR count). The molecule has 0 atom stereocenters. The number of nitrogens with zero attached hydrogens (tertiary/aromatic N) is 3. The highest BCUT2D eigenvalue weighted by atomic mass is 19.3. The summed E-state index contributed by atoms with van der Waals surface area (Å²) in [7, 11) is 0. The van der Waals surface area contributed by atoms with Gasteiger partial charge >= 0.3 is 5.69 Å². The van der Waals surface area contributed by atoms with Gasteiger partial charge in [0.05, 0.1) is 17.4 Å². The summed E-state index contributed by atoms with van der Waals surface area (Å²) in [5.41, 5.74) is -3.45. The van der Waals surface area contributed by atoms with Crippen LogP contribution in [-0.2, 0) is 5.54 Å². The summed E-state index contributed by atoms with van der Waals surface area (Å²) >= 11 is 0. The smallest absolute Gasteiger partial charge is 0.350 e. The molecular weight excluding hydrogens is 469 g/mol. The quantitative estimate of drug-likeness (QED) is 0.406. The second-order valence-corrected chi connectivity index (χ2v) is 9.49. The zero-order valence-electron chi connectivity index (χ0n) is 19.8. The molecule has 0 unspecified atom stereocenters. The summed E-state index contributed by atoms with van der Waals surface area (Å²) in [6.07, 6.45) is -3.01. The molecule has 1 heterocycles. The van der Waals surface area contributed by atoms with Gasteiger partial charge in [-0.3, -0.25) is 4.57 Å². The van der Waals surface area contributed by atoms with Crippen molar-refractivity contribution >= 4 is 22.4 Å². The molecule has 0 saturated carbocycles. The van der Waals surface area contributed by atoms with Crippen LogP contribution in [0.15, 0.2) is 35.1 Å². The lowest BCUT2D eigenvalue weighted by atomic mass is 10.1. The van der Waals surface area contributed by atoms with Crippen LogP contribution in [0.3, 0.4) is 0 Å². The van der Waals surface area contributed by atoms with Gasteiger partial charge in [-0.05, 0) is 65.0 Å². The number of aliphatic hydroxyl groups is 1. The van der Waals surface area contributed by atoms with Gasteiger partial charge in [0.15, 0.2) is 17.5 Å². The molecule has 0 spiro atoms. The third-order valence-corrected chi connectivity index (χ3v) is 4.88. The Morgan fingerprint density at radius 2 is 1.74 bits per heavy atom. The molecule has 1 aromatic heterocycles. The van der Waals surface area contributed by atoms with Gasteiger partial charge in [-0.1, -0.05) is 11.8 Å². The molecule has 5 nitrogen and oxygen atoms in total. The second-order valence-electron chi connectivity index (χ2n) is 9.49. The molecular formula is C25H24F5N3O2. The molecule has 2 aromatic carbocycles. The van der Waals surface area contributed by atoms with Crippen LogP contribution in [0.25, 0.3) is 10.9 Å². The Hall–Kier alpha value is -3.45. The SMILES string of the molecule is CC(C)(O)C#Cc1cc(F)cc(N(CC(F)F)c2nc(=O)n(C(C)(C)C)c3ccc(F)c(F)c23)c1. The zero-order valence-corrected chi connectivity index (χ0v) is 19.8. The Balaban J connectivity index is 2.39. The average molecular weight is 493 g/mol. The summed E-state index contributed by atoms with van der Waals surface area (Å²) in [4.78, 5) is 17.6. The topological polar surface area (TPSA) is 58.4 Å². The van der Waals surface area contributed by atoms with E-state index in [1.165, 1.54) is 19.9 Å². The third kappa shape index (κ3) is 5.80. The molecule has 3 aromatic rings. The predicted molar refractivity (Wildman–Crippen MR) is 124 cm³/mol. The highest BCUT2D eigenvalue weighted by Gasteiger charge is 2.28. The summed E-state index contributed by atoms with van der Waals surface area (Å²) in [6.45, 7) is 6.65. The Morgan fingerprint density at radius 1 is 1.09 bits per heavy atom. The fraction of sp³-hybridized carbons (Fsp3) is 0.360. The number of hydrogen-bond acceptors (Lipinski definition) is 4. The second kappa shape index (κ2) is 9.30. The lowest BCUT2D eigenvalue weighted by Crippen LogP contribution is -2.38. The first-order valence-corrected chi connectivity index (χ1v) is 10.6. The predicted octanol–water partition coefficient (Wildman–Crippen LogP) is 5.09. The number of benzene rings is 2. The normalized spacial score (nSPS) is 12.1. The van der Waals surface area contributed by atoms with Crippen molar-refractivity contribution < 1.29 is 27.1 Å². The van der Waals surface area contributed by atoms with E-state index in [1.807, 2.05) is 0 Å². The van der Waals surface area contributed by atoms with Crippen molar-refractivity contribution in [2.75, 3.05) is 11.4 Å². The average Bonchev–Trinajstić information content (AvgIpc) is 2.70. The van der Waals surface area contributed by atoms with Crippen LogP contribution in [0.4, 0.5) is 33.5 Å². The molecule has 0 saturated heterocycles. The van der Waals surface area contributed by atoms with E-state index in [0.717, 1.165) is 33.7 Å². The molecule has 0 aliphatic carbocycles. The zero-order chi connectivity index (χ0) is 26.3. The van der Waals surface area contributed by atoms with Crippen molar-refractivity contribution in [1.29, 1.82) is 0 Å². The minimum atomic E-state index is -3.01. The first-order chi connectivity index (χ1) is 16.1. The first kappa shape index (κ1) is 26.2. The number of anilines is 2. The van der Waals surface area contributed by atoms with E-state index in [2.05, 4.69) is 16.8 Å². The van der Waals surface area contributed by atoms with Gasteiger partial charge in [-0.15, -0.1) is 0 Å². The van der Waals surface area contributed by atoms with Gasteiger partial charge in [-0.2, -0.15) is 4.98 Å². The molecule has 0 radical (unpaired) electrons. The van der Waals surface area contributed by atoms with Crippen LogP contribution in [0.1, 0.15) is 40.2 Å². The Morgan fingerprint density at radius 3 is 2.31 bits per heavy atom. The van der Waals surface area contributed by atoms with Crippen molar-refractivity contribution in [2.45, 2.75) is 52.2 Å². The van der Waals surface area contributed by atoms with E-state index in [4.69, 9.17) is 0 Å². The van der Waals surface area contributed by atoms with Gasteiger partial charge in [0.1, 0.15) is 11.4 Å². The maximum atomic E-state index is 15.1. The highest BCUT2D eigenvalue weighted by molar-refractivity contribution is 5.92. The Labute approximate surface area is 198 Å². The van der Waals surface area contributed by atoms with Crippen molar-refractivity contribution in [3.8, 4) is 11.8 Å². The standard InChI is InChI=1S/C25H24F5N3O2/c1-24(2,3)33-18-7-6-17(27)21(30)20(18)22(31-23(33)34)32(13-19(28)29)16-11-14(10-15(26)12-16)8-9-25(4,5)35/h6-7,10-12,19,35H,13H2,1-5H3. The fourth-order valence-electron chi connectivity index (χ4n) is 3.56. The molecule has 0 amide bonds. The van der Waals surface area contributed by atoms with E-state index in [9.17, 15) is 27.5 Å². The Kier molecular flexibility index (Phi) is 6.95. The van der Waals surface area contributed by atoms with Crippen molar-refractivity contribution in [1.82, 2.24) is 9.55 Å². The van der Waals surface area contributed by atoms with E-state index in [1.54, 1.807) is 20.8 Å². The van der Waals surface area contributed by atoms with Crippen LogP contribution in [0.5, 0.6) is 0 Å². The van der Waals surface area contributed by atoms with E-state index in [0.29, 0.717) is 0 Å². The van der Waals surface area contributed by atoms with Gasteiger partial charge in [-0.25, -0.2) is 26.7 Å². The lowest BCUT2D eigenvalue weighted by Gasteiger charge is -2.29. The highest BCUT2D eigenvalue weighted by Crippen LogP contribution is 2.35. The molecule has 1 N–H and O–H groups in total. The van der Waals surface area contributed by atoms with Gasteiger partial charge in [0.2, 0.25) is 0 Å². The number of rotatable bonds is 4. The van der Waals surface area contributed by atoms with Crippen LogP contribution in [-0.4, -0.2) is 33.2 Å². The maximum Gasteiger partial charge on any atom is 0.350 e. The number of halogens is 5. The first-order valence-electron chi connectivity index (χ1n) is 10.6. The van der Waals surface area contributed by atoms with E-state index >= 15 is 4.39 Å². The molecule has 35 heavy (non-hydrogen) atoms. The number of alkyl halides is 2. The fourth-order valence-corrected chi connectivity index (χ4v) is 3.56. The lowest BCUT2D eigenvalue weighted by molar-refractivity contribution is 0.143. The molecule has 10 heteroatoms. The van der Waals surface area contributed by atoms with E-state index < -0.39 is 58.5 Å². The molecule has 186 valence electrons. The van der Waals surface area contributed by atoms with Crippen molar-refractivity contribution in [3.05, 3.63) is 63.8 Å². The summed E-state index contributed by atoms with van der Waals surface area (Å²) in [5.74, 6) is 0.927. The van der Waals surface area contributed by atoms with Gasteiger partial charge < -0.3 is 10.0 Å². The summed E-state index contributed by atoms with van der Waals surface area (Å²) in [6, 6.07) is 5.12. The van der Waals surface area contributed by atoms with Crippen LogP contribution in [0.2, 0.25) is 0 Å². The molecule has 0 aliphatic heterocycles. The maximum absolute atomic E-state index is 15.1. The Bertz CT molecular complexity index is 1390. The minimum absolute atomic E-state index is 0.0281. The van der Waals surface area contributed by atoms with E-state index in [-0.39, 0.29) is 16.8 Å². The molecule has 0 fully saturated rings. The van der Waals surface area contributed by atoms with Gasteiger partial charge in [0.25, 0.3) is 6.43 Å². The molecule has 0 aliphatic rings. The summed E-state index contributed by atoms with van der Waals surface area (Å²) in [5, 5.41) is 9.31. The monoisotopic (exact) mass is 493 g/mol. The third-order valence-electron chi connectivity index (χ3n) is 4.88. The van der Waals surface area contributed by atoms with Crippen molar-refractivity contribution in [3.63, 3.8) is 0 Å². The van der Waals surface area contributed by atoms with Crippen molar-refractivity contribution in [2.24, 2.45) is 0 Å².